The van der Waals surface area contributed by atoms with Gasteiger partial charge in [0.05, 0.1) is 0 Å². The molecule has 0 bridgehead atoms. The summed E-state index contributed by atoms with van der Waals surface area (Å²) < 4.78 is 33.2. The van der Waals surface area contributed by atoms with Gasteiger partial charge in [-0.25, -0.2) is 28.8 Å². The summed E-state index contributed by atoms with van der Waals surface area (Å²) in [5, 5.41) is 8.02. The highest BCUT2D eigenvalue weighted by Crippen LogP contribution is 2.25. The second-order valence-corrected chi connectivity index (χ2v) is 17.6. The molecule has 15 heteroatoms. The smallest absolute Gasteiger partial charge is 0.349 e. The minimum atomic E-state index is -1.19. The van der Waals surface area contributed by atoms with E-state index in [0.29, 0.717) is 0 Å². The lowest BCUT2D eigenvalue weighted by atomic mass is 10.1. The molecule has 3 N–H and O–H groups in total. The summed E-state index contributed by atoms with van der Waals surface area (Å²) in [6.07, 6.45) is 0. The zero-order chi connectivity index (χ0) is 40.3. The van der Waals surface area contributed by atoms with E-state index in [1.807, 2.05) is 0 Å². The Balaban J connectivity index is 4.58. The van der Waals surface area contributed by atoms with E-state index in [-0.39, 0.29) is 0 Å². The van der Waals surface area contributed by atoms with Crippen LogP contribution in [0.3, 0.4) is 0 Å². The minimum Gasteiger partial charge on any atom is -0.456 e. The molecular formula is C36H57N3O12. The average Bonchev–Trinajstić information content (AvgIpc) is 2.77. The van der Waals surface area contributed by atoms with Crippen LogP contribution in [0.4, 0.5) is 0 Å². The summed E-state index contributed by atoms with van der Waals surface area (Å²) in [5.74, 6) is -8.80. The van der Waals surface area contributed by atoms with Crippen molar-refractivity contribution >= 4 is 35.8 Å². The molecule has 0 unspecified atom stereocenters. The molecule has 1 aliphatic rings. The van der Waals surface area contributed by atoms with Gasteiger partial charge in [0.25, 0.3) is 0 Å². The van der Waals surface area contributed by atoms with Crippen molar-refractivity contribution in [1.82, 2.24) is 16.0 Å². The van der Waals surface area contributed by atoms with Crippen LogP contribution in [-0.2, 0) is 57.2 Å². The van der Waals surface area contributed by atoms with Gasteiger partial charge >= 0.3 is 35.8 Å². The molecule has 1 rings (SSSR count). The first-order valence-electron chi connectivity index (χ1n) is 16.4. The molecule has 1 aliphatic heterocycles. The van der Waals surface area contributed by atoms with E-state index < -0.39 is 104 Å². The largest absolute Gasteiger partial charge is 0.456 e. The summed E-state index contributed by atoms with van der Waals surface area (Å²) >= 11 is 0. The summed E-state index contributed by atoms with van der Waals surface area (Å²) in [7, 11) is 0. The standard InChI is InChI=1S/C36H57N3O12/c1-31(2,3)46-25(40)19(26(41)47-32(4,5)6)22-37-23(20(27(42)48-33(7,8)9)28(43)49-34(10,11)12)39-24(38-22)21(29(44)50-35(13,14)15)30(45)51-36(16,17)18/h37-39H,1-18H3. The number of carbonyl (C=O) groups excluding carboxylic acids is 6. The van der Waals surface area contributed by atoms with Gasteiger partial charge in [-0.2, -0.15) is 0 Å². The number of rotatable bonds is 6. The summed E-state index contributed by atoms with van der Waals surface area (Å²) in [6, 6.07) is 0. The fourth-order valence-corrected chi connectivity index (χ4v) is 3.68. The fraction of sp³-hybridized carbons (Fsp3) is 0.667. The predicted molar refractivity (Wildman–Crippen MR) is 186 cm³/mol. The van der Waals surface area contributed by atoms with Gasteiger partial charge in [-0.3, -0.25) is 0 Å². The van der Waals surface area contributed by atoms with Crippen molar-refractivity contribution in [2.75, 3.05) is 0 Å². The molecule has 0 spiro atoms. The molecule has 0 radical (unpaired) electrons. The number of carbonyl (C=O) groups is 6. The molecule has 0 aliphatic carbocycles. The topological polar surface area (TPSA) is 194 Å². The monoisotopic (exact) mass is 723 g/mol. The van der Waals surface area contributed by atoms with Crippen molar-refractivity contribution in [2.45, 2.75) is 158 Å². The van der Waals surface area contributed by atoms with Crippen LogP contribution in [0.15, 0.2) is 34.2 Å². The molecule has 0 aromatic carbocycles. The highest BCUT2D eigenvalue weighted by atomic mass is 16.6. The van der Waals surface area contributed by atoms with Gasteiger partial charge in [0.1, 0.15) is 51.1 Å². The SMILES string of the molecule is CC(C)(C)OC(=O)C(C(=O)OC(C)(C)C)=C1NC(=C(C(=O)OC(C)(C)C)C(=O)OC(C)(C)C)NC(=C(C(=O)OC(C)(C)C)C(=O)OC(C)(C)C)N1. The lowest BCUT2D eigenvalue weighted by Gasteiger charge is -2.32. The Labute approximate surface area is 301 Å². The maximum Gasteiger partial charge on any atom is 0.349 e. The summed E-state index contributed by atoms with van der Waals surface area (Å²) in [4.78, 5) is 82.5. The van der Waals surface area contributed by atoms with Gasteiger partial charge in [-0.05, 0) is 125 Å². The Kier molecular flexibility index (Phi) is 13.4. The molecular weight excluding hydrogens is 666 g/mol. The third-order valence-corrected chi connectivity index (χ3v) is 5.12. The third kappa shape index (κ3) is 15.9. The van der Waals surface area contributed by atoms with Crippen molar-refractivity contribution in [3.63, 3.8) is 0 Å². The Hall–Kier alpha value is -4.56. The van der Waals surface area contributed by atoms with Crippen LogP contribution in [0.2, 0.25) is 0 Å². The van der Waals surface area contributed by atoms with Crippen molar-refractivity contribution < 1.29 is 57.2 Å². The third-order valence-electron chi connectivity index (χ3n) is 5.12. The zero-order valence-electron chi connectivity index (χ0n) is 33.4. The van der Waals surface area contributed by atoms with Crippen molar-refractivity contribution in [1.29, 1.82) is 0 Å². The van der Waals surface area contributed by atoms with Crippen LogP contribution in [0, 0.1) is 0 Å². The molecule has 15 nitrogen and oxygen atoms in total. The van der Waals surface area contributed by atoms with Crippen LogP contribution in [0.5, 0.6) is 0 Å². The van der Waals surface area contributed by atoms with E-state index in [1.165, 1.54) is 0 Å². The van der Waals surface area contributed by atoms with Crippen LogP contribution >= 0.6 is 0 Å². The fourth-order valence-electron chi connectivity index (χ4n) is 3.68. The summed E-state index contributed by atoms with van der Waals surface area (Å²) in [5.41, 5.74) is -9.06. The molecule has 0 atom stereocenters. The van der Waals surface area contributed by atoms with Gasteiger partial charge < -0.3 is 44.4 Å². The maximum absolute atomic E-state index is 13.7. The highest BCUT2D eigenvalue weighted by Gasteiger charge is 2.41. The molecule has 0 aromatic heterocycles. The average molecular weight is 724 g/mol. The first kappa shape index (κ1) is 44.5. The van der Waals surface area contributed by atoms with Gasteiger partial charge in [0.2, 0.25) is 0 Å². The van der Waals surface area contributed by atoms with Crippen molar-refractivity contribution in [3.05, 3.63) is 34.2 Å². The minimum absolute atomic E-state index is 0.545. The van der Waals surface area contributed by atoms with E-state index >= 15 is 0 Å². The van der Waals surface area contributed by atoms with Crippen LogP contribution in [0.1, 0.15) is 125 Å². The first-order valence-corrected chi connectivity index (χ1v) is 16.4. The maximum atomic E-state index is 13.7. The Morgan fingerprint density at radius 3 is 0.510 bits per heavy atom. The molecule has 51 heavy (non-hydrogen) atoms. The molecule has 0 amide bonds. The number of hydrogen-bond acceptors (Lipinski definition) is 15. The molecule has 0 saturated carbocycles. The van der Waals surface area contributed by atoms with E-state index in [1.54, 1.807) is 125 Å². The van der Waals surface area contributed by atoms with Crippen molar-refractivity contribution in [3.8, 4) is 0 Å². The Morgan fingerprint density at radius 2 is 0.412 bits per heavy atom. The Bertz CT molecular complexity index is 1230. The van der Waals surface area contributed by atoms with Crippen LogP contribution < -0.4 is 16.0 Å². The predicted octanol–water partition coefficient (Wildman–Crippen LogP) is 4.45. The molecule has 1 heterocycles. The van der Waals surface area contributed by atoms with Gasteiger partial charge in [0.15, 0.2) is 16.7 Å². The van der Waals surface area contributed by atoms with Gasteiger partial charge in [-0.15, -0.1) is 0 Å². The van der Waals surface area contributed by atoms with E-state index in [0.717, 1.165) is 0 Å². The molecule has 0 aromatic rings. The lowest BCUT2D eigenvalue weighted by Crippen LogP contribution is -2.50. The van der Waals surface area contributed by atoms with E-state index in [2.05, 4.69) is 16.0 Å². The highest BCUT2D eigenvalue weighted by molar-refractivity contribution is 6.17. The van der Waals surface area contributed by atoms with E-state index in [9.17, 15) is 28.8 Å². The second kappa shape index (κ2) is 15.4. The number of esters is 6. The zero-order valence-corrected chi connectivity index (χ0v) is 33.4. The molecule has 1 fully saturated rings. The number of hydrogen-bond donors (Lipinski definition) is 3. The van der Waals surface area contributed by atoms with Gasteiger partial charge in [-0.1, -0.05) is 0 Å². The van der Waals surface area contributed by atoms with Crippen LogP contribution in [0.25, 0.3) is 0 Å². The molecule has 288 valence electrons. The molecule has 1 saturated heterocycles. The van der Waals surface area contributed by atoms with Crippen LogP contribution in [-0.4, -0.2) is 69.4 Å². The normalized spacial score (nSPS) is 14.1. The van der Waals surface area contributed by atoms with E-state index in [4.69, 9.17) is 28.4 Å². The first-order chi connectivity index (χ1) is 22.5. The quantitative estimate of drug-likeness (QED) is 0.114. The number of nitrogens with one attached hydrogen (secondary N) is 3. The van der Waals surface area contributed by atoms with Crippen molar-refractivity contribution in [2.24, 2.45) is 0 Å². The summed E-state index contributed by atoms with van der Waals surface area (Å²) in [6.45, 7) is 28.2. The van der Waals surface area contributed by atoms with Gasteiger partial charge in [0, 0.05) is 0 Å². The second-order valence-electron chi connectivity index (χ2n) is 17.6. The Morgan fingerprint density at radius 1 is 0.294 bits per heavy atom. The lowest BCUT2D eigenvalue weighted by molar-refractivity contribution is -0.160. The number of ether oxygens (including phenoxy) is 6.